The minimum absolute atomic E-state index is 0.260. The van der Waals surface area contributed by atoms with Crippen LogP contribution in [0, 0.1) is 11.6 Å². The second kappa shape index (κ2) is 8.79. The van der Waals surface area contributed by atoms with Crippen molar-refractivity contribution in [2.75, 3.05) is 25.6 Å². The van der Waals surface area contributed by atoms with Crippen molar-refractivity contribution in [1.82, 2.24) is 0 Å². The van der Waals surface area contributed by atoms with Crippen LogP contribution in [0.4, 0.5) is 14.5 Å². The molecule has 1 N–H and O–H groups in total. The molecule has 0 saturated carbocycles. The Morgan fingerprint density at radius 1 is 1.12 bits per heavy atom. The Labute approximate surface area is 138 Å². The van der Waals surface area contributed by atoms with E-state index in [9.17, 15) is 13.6 Å². The van der Waals surface area contributed by atoms with E-state index >= 15 is 0 Å². The summed E-state index contributed by atoms with van der Waals surface area (Å²) in [6.07, 6.45) is 2.17. The highest BCUT2D eigenvalue weighted by atomic mass is 19.1. The molecule has 0 saturated heterocycles. The highest BCUT2D eigenvalue weighted by Gasteiger charge is 2.06. The van der Waals surface area contributed by atoms with Gasteiger partial charge in [-0.1, -0.05) is 12.1 Å². The van der Waals surface area contributed by atoms with Crippen molar-refractivity contribution in [3.63, 3.8) is 0 Å². The first-order valence-electron chi connectivity index (χ1n) is 7.25. The molecule has 0 spiro atoms. The van der Waals surface area contributed by atoms with E-state index in [0.717, 1.165) is 24.3 Å². The summed E-state index contributed by atoms with van der Waals surface area (Å²) in [7, 11) is 1.57. The minimum Gasteiger partial charge on any atom is -0.491 e. The standard InChI is InChI=1S/C18H17F2NO3/c1-23-10-11-24-14-5-2-4-13(12-14)21-18(22)9-8-15-16(19)6-3-7-17(15)20/h2-9,12H,10-11H2,1H3,(H,21,22)/b9-8+. The topological polar surface area (TPSA) is 47.6 Å². The highest BCUT2D eigenvalue weighted by Crippen LogP contribution is 2.18. The van der Waals surface area contributed by atoms with E-state index in [0.29, 0.717) is 24.7 Å². The zero-order chi connectivity index (χ0) is 17.4. The zero-order valence-corrected chi connectivity index (χ0v) is 13.1. The number of carbonyl (C=O) groups excluding carboxylic acids is 1. The van der Waals surface area contributed by atoms with Gasteiger partial charge in [-0.15, -0.1) is 0 Å². The van der Waals surface area contributed by atoms with Gasteiger partial charge in [0.2, 0.25) is 5.91 Å². The molecule has 0 fully saturated rings. The molecule has 0 aliphatic heterocycles. The molecule has 2 rings (SSSR count). The van der Waals surface area contributed by atoms with Gasteiger partial charge in [0.25, 0.3) is 0 Å². The summed E-state index contributed by atoms with van der Waals surface area (Å²) in [6, 6.07) is 10.3. The second-order valence-corrected chi connectivity index (χ2v) is 4.83. The third kappa shape index (κ3) is 5.17. The molecular weight excluding hydrogens is 316 g/mol. The van der Waals surface area contributed by atoms with E-state index in [1.54, 1.807) is 31.4 Å². The van der Waals surface area contributed by atoms with Crippen LogP contribution < -0.4 is 10.1 Å². The van der Waals surface area contributed by atoms with E-state index in [2.05, 4.69) is 5.32 Å². The molecule has 0 aliphatic rings. The van der Waals surface area contributed by atoms with Crippen LogP contribution in [-0.4, -0.2) is 26.2 Å². The predicted octanol–water partition coefficient (Wildman–Crippen LogP) is 3.64. The van der Waals surface area contributed by atoms with Gasteiger partial charge in [0.05, 0.1) is 6.61 Å². The smallest absolute Gasteiger partial charge is 0.248 e. The average molecular weight is 333 g/mol. The summed E-state index contributed by atoms with van der Waals surface area (Å²) in [5, 5.41) is 2.60. The first-order chi connectivity index (χ1) is 11.6. The van der Waals surface area contributed by atoms with Gasteiger partial charge in [-0.3, -0.25) is 4.79 Å². The van der Waals surface area contributed by atoms with Gasteiger partial charge in [-0.2, -0.15) is 0 Å². The molecule has 126 valence electrons. The van der Waals surface area contributed by atoms with Crippen molar-refractivity contribution in [3.8, 4) is 5.75 Å². The molecule has 0 aliphatic carbocycles. The Morgan fingerprint density at radius 2 is 1.83 bits per heavy atom. The predicted molar refractivity (Wildman–Crippen MR) is 87.8 cm³/mol. The van der Waals surface area contributed by atoms with E-state index in [1.165, 1.54) is 6.07 Å². The lowest BCUT2D eigenvalue weighted by Gasteiger charge is -2.08. The van der Waals surface area contributed by atoms with Crippen LogP contribution >= 0.6 is 0 Å². The summed E-state index contributed by atoms with van der Waals surface area (Å²) in [6.45, 7) is 0.841. The lowest BCUT2D eigenvalue weighted by molar-refractivity contribution is -0.111. The van der Waals surface area contributed by atoms with Crippen LogP contribution in [0.2, 0.25) is 0 Å². The number of benzene rings is 2. The summed E-state index contributed by atoms with van der Waals surface area (Å²) in [5.41, 5.74) is 0.248. The molecule has 6 heteroatoms. The van der Waals surface area contributed by atoms with E-state index in [1.807, 2.05) is 0 Å². The molecule has 0 bridgehead atoms. The van der Waals surface area contributed by atoms with Gasteiger partial charge in [-0.05, 0) is 30.3 Å². The van der Waals surface area contributed by atoms with Crippen LogP contribution in [0.1, 0.15) is 5.56 Å². The third-order valence-corrected chi connectivity index (χ3v) is 3.06. The van der Waals surface area contributed by atoms with Crippen LogP contribution in [0.3, 0.4) is 0 Å². The molecule has 2 aromatic rings. The molecule has 4 nitrogen and oxygen atoms in total. The third-order valence-electron chi connectivity index (χ3n) is 3.06. The van der Waals surface area contributed by atoms with E-state index in [4.69, 9.17) is 9.47 Å². The highest BCUT2D eigenvalue weighted by molar-refractivity contribution is 6.02. The number of rotatable bonds is 7. The number of ether oxygens (including phenoxy) is 2. The molecule has 0 radical (unpaired) electrons. The molecule has 0 unspecified atom stereocenters. The summed E-state index contributed by atoms with van der Waals surface area (Å²) in [5.74, 6) is -1.39. The number of anilines is 1. The van der Waals surface area contributed by atoms with E-state index in [-0.39, 0.29) is 5.56 Å². The van der Waals surface area contributed by atoms with Crippen molar-refractivity contribution < 1.29 is 23.0 Å². The number of methoxy groups -OCH3 is 1. The Balaban J connectivity index is 1.99. The van der Waals surface area contributed by atoms with Gasteiger partial charge in [-0.25, -0.2) is 8.78 Å². The van der Waals surface area contributed by atoms with Crippen molar-refractivity contribution >= 4 is 17.7 Å². The largest absolute Gasteiger partial charge is 0.491 e. The fraction of sp³-hybridized carbons (Fsp3) is 0.167. The molecule has 0 atom stereocenters. The fourth-order valence-corrected chi connectivity index (χ4v) is 1.92. The average Bonchev–Trinajstić information content (AvgIpc) is 2.55. The number of halogens is 2. The fourth-order valence-electron chi connectivity index (χ4n) is 1.92. The number of hydrogen-bond acceptors (Lipinski definition) is 3. The van der Waals surface area contributed by atoms with E-state index < -0.39 is 17.5 Å². The van der Waals surface area contributed by atoms with Crippen LogP contribution in [0.15, 0.2) is 48.5 Å². The molecule has 0 aromatic heterocycles. The molecule has 0 heterocycles. The second-order valence-electron chi connectivity index (χ2n) is 4.83. The van der Waals surface area contributed by atoms with Gasteiger partial charge in [0.15, 0.2) is 0 Å². The van der Waals surface area contributed by atoms with Gasteiger partial charge in [0.1, 0.15) is 24.0 Å². The monoisotopic (exact) mass is 333 g/mol. The van der Waals surface area contributed by atoms with Crippen molar-refractivity contribution in [1.29, 1.82) is 0 Å². The lowest BCUT2D eigenvalue weighted by atomic mass is 10.2. The summed E-state index contributed by atoms with van der Waals surface area (Å²) >= 11 is 0. The minimum atomic E-state index is -0.729. The lowest BCUT2D eigenvalue weighted by Crippen LogP contribution is -2.08. The van der Waals surface area contributed by atoms with Crippen molar-refractivity contribution in [2.45, 2.75) is 0 Å². The van der Waals surface area contributed by atoms with Gasteiger partial charge < -0.3 is 14.8 Å². The zero-order valence-electron chi connectivity index (χ0n) is 13.1. The first-order valence-corrected chi connectivity index (χ1v) is 7.25. The van der Waals surface area contributed by atoms with Crippen LogP contribution in [0.5, 0.6) is 5.75 Å². The Bertz CT molecular complexity index is 712. The molecular formula is C18H17F2NO3. The summed E-state index contributed by atoms with van der Waals surface area (Å²) < 4.78 is 37.3. The van der Waals surface area contributed by atoms with Gasteiger partial charge in [0, 0.05) is 30.5 Å². The number of nitrogens with one attached hydrogen (secondary N) is 1. The molecule has 24 heavy (non-hydrogen) atoms. The Kier molecular flexibility index (Phi) is 6.45. The quantitative estimate of drug-likeness (QED) is 0.622. The van der Waals surface area contributed by atoms with Crippen LogP contribution in [-0.2, 0) is 9.53 Å². The maximum Gasteiger partial charge on any atom is 0.248 e. The van der Waals surface area contributed by atoms with Gasteiger partial charge >= 0.3 is 0 Å². The Morgan fingerprint density at radius 3 is 2.54 bits per heavy atom. The summed E-state index contributed by atoms with van der Waals surface area (Å²) in [4.78, 5) is 11.9. The van der Waals surface area contributed by atoms with Crippen molar-refractivity contribution in [3.05, 3.63) is 65.7 Å². The normalized spacial score (nSPS) is 10.8. The number of carbonyl (C=O) groups is 1. The molecule has 2 aromatic carbocycles. The SMILES string of the molecule is COCCOc1cccc(NC(=O)/C=C/c2c(F)cccc2F)c1. The van der Waals surface area contributed by atoms with Crippen molar-refractivity contribution in [2.24, 2.45) is 0 Å². The maximum absolute atomic E-state index is 13.5. The number of amides is 1. The molecule has 1 amide bonds. The Hall–Kier alpha value is -2.73. The first kappa shape index (κ1) is 17.6. The maximum atomic E-state index is 13.5. The van der Waals surface area contributed by atoms with Crippen LogP contribution in [0.25, 0.3) is 6.08 Å². The number of hydrogen-bond donors (Lipinski definition) is 1.